The zero-order chi connectivity index (χ0) is 16.5. The van der Waals surface area contributed by atoms with E-state index in [1.807, 2.05) is 18.2 Å². The monoisotopic (exact) mass is 358 g/mol. The smallest absolute Gasteiger partial charge is 0.218 e. The molecule has 23 heavy (non-hydrogen) atoms. The van der Waals surface area contributed by atoms with E-state index in [2.05, 4.69) is 17.0 Å². The lowest BCUT2D eigenvalue weighted by Crippen LogP contribution is -2.50. The largest absolute Gasteiger partial charge is 0.296 e. The predicted molar refractivity (Wildman–Crippen MR) is 89.3 cm³/mol. The minimum atomic E-state index is -3.50. The minimum absolute atomic E-state index is 0.00906. The summed E-state index contributed by atoms with van der Waals surface area (Å²) < 4.78 is 49.7. The third-order valence-electron chi connectivity index (χ3n) is 4.55. The van der Waals surface area contributed by atoms with Gasteiger partial charge in [0.05, 0.1) is 16.8 Å². The molecule has 128 valence electrons. The molecule has 2 aliphatic rings. The molecule has 1 atom stereocenters. The first-order valence-corrected chi connectivity index (χ1v) is 11.1. The van der Waals surface area contributed by atoms with Crippen LogP contribution < -0.4 is 0 Å². The Kier molecular flexibility index (Phi) is 4.78. The Morgan fingerprint density at radius 1 is 1.04 bits per heavy atom. The maximum Gasteiger partial charge on any atom is 0.218 e. The second kappa shape index (κ2) is 6.51. The summed E-state index contributed by atoms with van der Waals surface area (Å²) in [5.74, 6) is -0.232. The summed E-state index contributed by atoms with van der Waals surface area (Å²) in [7, 11) is -6.69. The van der Waals surface area contributed by atoms with Gasteiger partial charge in [-0.25, -0.2) is 16.8 Å². The molecule has 1 aromatic carbocycles. The van der Waals surface area contributed by atoms with Gasteiger partial charge in [-0.05, 0) is 12.0 Å². The van der Waals surface area contributed by atoms with Crippen LogP contribution in [0.25, 0.3) is 0 Å². The number of benzene rings is 1. The van der Waals surface area contributed by atoms with Crippen molar-refractivity contribution in [2.75, 3.05) is 37.7 Å². The summed E-state index contributed by atoms with van der Waals surface area (Å²) in [5, 5.41) is -0.756. The van der Waals surface area contributed by atoms with Crippen LogP contribution in [0.5, 0.6) is 0 Å². The summed E-state index contributed by atoms with van der Waals surface area (Å²) >= 11 is 0. The quantitative estimate of drug-likeness (QED) is 0.775. The zero-order valence-electron chi connectivity index (χ0n) is 13.0. The first-order valence-electron chi connectivity index (χ1n) is 7.82. The Hall–Kier alpha value is -0.960. The molecule has 1 aromatic rings. The first kappa shape index (κ1) is 16.9. The molecule has 2 fully saturated rings. The molecule has 0 amide bonds. The van der Waals surface area contributed by atoms with E-state index >= 15 is 0 Å². The van der Waals surface area contributed by atoms with E-state index in [0.29, 0.717) is 26.2 Å². The van der Waals surface area contributed by atoms with Crippen molar-refractivity contribution in [3.63, 3.8) is 0 Å². The van der Waals surface area contributed by atoms with Gasteiger partial charge in [-0.2, -0.15) is 4.31 Å². The summed E-state index contributed by atoms with van der Waals surface area (Å²) in [6, 6.07) is 10.1. The summed E-state index contributed by atoms with van der Waals surface area (Å²) in [5.41, 5.74) is 1.21. The lowest BCUT2D eigenvalue weighted by molar-refractivity contribution is 0.181. The Bertz CT molecular complexity index is 739. The number of piperazine rings is 1. The lowest BCUT2D eigenvalue weighted by atomic mass is 10.2. The number of rotatable bonds is 4. The molecule has 0 aliphatic carbocycles. The topological polar surface area (TPSA) is 74.8 Å². The van der Waals surface area contributed by atoms with Gasteiger partial charge < -0.3 is 0 Å². The maximum absolute atomic E-state index is 12.6. The van der Waals surface area contributed by atoms with Crippen LogP contribution in [-0.4, -0.2) is 69.0 Å². The Morgan fingerprint density at radius 3 is 2.26 bits per heavy atom. The fraction of sp³-hybridized carbons (Fsp3) is 0.600. The van der Waals surface area contributed by atoms with Crippen LogP contribution in [0, 0.1) is 0 Å². The van der Waals surface area contributed by atoms with Crippen molar-refractivity contribution in [2.45, 2.75) is 18.2 Å². The molecule has 0 bridgehead atoms. The average Bonchev–Trinajstić information content (AvgIpc) is 2.90. The van der Waals surface area contributed by atoms with Crippen LogP contribution in [0.3, 0.4) is 0 Å². The van der Waals surface area contributed by atoms with E-state index in [1.54, 1.807) is 0 Å². The van der Waals surface area contributed by atoms with Gasteiger partial charge in [0.15, 0.2) is 9.84 Å². The number of hydrogen-bond donors (Lipinski definition) is 0. The summed E-state index contributed by atoms with van der Waals surface area (Å²) in [6.45, 7) is 3.03. The van der Waals surface area contributed by atoms with Gasteiger partial charge in [0, 0.05) is 32.7 Å². The van der Waals surface area contributed by atoms with Gasteiger partial charge >= 0.3 is 0 Å². The lowest BCUT2D eigenvalue weighted by Gasteiger charge is -2.35. The van der Waals surface area contributed by atoms with E-state index < -0.39 is 25.1 Å². The van der Waals surface area contributed by atoms with Gasteiger partial charge in [0.2, 0.25) is 10.0 Å². The number of sulfone groups is 1. The van der Waals surface area contributed by atoms with Gasteiger partial charge in [0.1, 0.15) is 0 Å². The normalized spacial score (nSPS) is 26.3. The fourth-order valence-corrected chi connectivity index (χ4v) is 7.70. The third-order valence-corrected chi connectivity index (χ3v) is 8.86. The van der Waals surface area contributed by atoms with E-state index in [9.17, 15) is 16.8 Å². The van der Waals surface area contributed by atoms with E-state index in [1.165, 1.54) is 9.87 Å². The highest BCUT2D eigenvalue weighted by atomic mass is 32.2. The van der Waals surface area contributed by atoms with Crippen molar-refractivity contribution in [3.8, 4) is 0 Å². The van der Waals surface area contributed by atoms with Crippen molar-refractivity contribution in [3.05, 3.63) is 35.9 Å². The van der Waals surface area contributed by atoms with Gasteiger partial charge in [0.25, 0.3) is 0 Å². The maximum atomic E-state index is 12.6. The molecule has 6 nitrogen and oxygen atoms in total. The van der Waals surface area contributed by atoms with Gasteiger partial charge in [-0.15, -0.1) is 0 Å². The zero-order valence-corrected chi connectivity index (χ0v) is 14.6. The number of sulfonamides is 1. The molecular formula is C15H22N2O4S2. The molecule has 2 aliphatic heterocycles. The predicted octanol–water partition coefficient (Wildman–Crippen LogP) is 0.321. The Balaban J connectivity index is 1.58. The highest BCUT2D eigenvalue weighted by molar-refractivity contribution is 7.95. The number of nitrogens with zero attached hydrogens (tertiary/aromatic N) is 2. The Labute approximate surface area is 138 Å². The highest BCUT2D eigenvalue weighted by Crippen LogP contribution is 2.23. The Morgan fingerprint density at radius 2 is 1.70 bits per heavy atom. The van der Waals surface area contributed by atoms with Crippen LogP contribution in [0.15, 0.2) is 30.3 Å². The van der Waals surface area contributed by atoms with Crippen molar-refractivity contribution < 1.29 is 16.8 Å². The molecule has 2 heterocycles. The fourth-order valence-electron chi connectivity index (χ4n) is 3.19. The molecule has 0 unspecified atom stereocenters. The first-order chi connectivity index (χ1) is 10.9. The van der Waals surface area contributed by atoms with Crippen molar-refractivity contribution in [1.82, 2.24) is 9.21 Å². The summed E-state index contributed by atoms with van der Waals surface area (Å²) in [4.78, 5) is 2.23. The molecule has 8 heteroatoms. The number of hydrogen-bond acceptors (Lipinski definition) is 5. The SMILES string of the molecule is O=S1(=O)CC[C@H](S(=O)(=O)N2CCN(Cc3ccccc3)CC2)C1. The van der Waals surface area contributed by atoms with Gasteiger partial charge in [-0.1, -0.05) is 30.3 Å². The second-order valence-electron chi connectivity index (χ2n) is 6.23. The van der Waals surface area contributed by atoms with Crippen LogP contribution >= 0.6 is 0 Å². The molecule has 0 saturated carbocycles. The van der Waals surface area contributed by atoms with Crippen molar-refractivity contribution in [2.24, 2.45) is 0 Å². The standard InChI is InChI=1S/C15H22N2O4S2/c18-22(19)11-6-15(13-22)23(20,21)17-9-7-16(8-10-17)12-14-4-2-1-3-5-14/h1-5,15H,6-13H2/t15-/m0/s1. The molecular weight excluding hydrogens is 336 g/mol. The van der Waals surface area contributed by atoms with Crippen LogP contribution in [0.2, 0.25) is 0 Å². The highest BCUT2D eigenvalue weighted by Gasteiger charge is 2.41. The molecule has 0 spiro atoms. The molecule has 2 saturated heterocycles. The van der Waals surface area contributed by atoms with Crippen LogP contribution in [-0.2, 0) is 26.4 Å². The molecule has 3 rings (SSSR count). The third kappa shape index (κ3) is 3.93. The van der Waals surface area contributed by atoms with E-state index in [-0.39, 0.29) is 17.9 Å². The van der Waals surface area contributed by atoms with Crippen LogP contribution in [0.4, 0.5) is 0 Å². The van der Waals surface area contributed by atoms with Crippen LogP contribution in [0.1, 0.15) is 12.0 Å². The van der Waals surface area contributed by atoms with E-state index in [0.717, 1.165) is 6.54 Å². The van der Waals surface area contributed by atoms with Crippen molar-refractivity contribution >= 4 is 19.9 Å². The molecule has 0 aromatic heterocycles. The average molecular weight is 358 g/mol. The summed E-state index contributed by atoms with van der Waals surface area (Å²) in [6.07, 6.45) is 0.231. The van der Waals surface area contributed by atoms with E-state index in [4.69, 9.17) is 0 Å². The van der Waals surface area contributed by atoms with Crippen molar-refractivity contribution in [1.29, 1.82) is 0 Å². The molecule has 0 N–H and O–H groups in total. The second-order valence-corrected chi connectivity index (χ2v) is 10.7. The molecule has 0 radical (unpaired) electrons. The van der Waals surface area contributed by atoms with Gasteiger partial charge in [-0.3, -0.25) is 4.90 Å². The minimum Gasteiger partial charge on any atom is -0.296 e.